The van der Waals surface area contributed by atoms with Crippen LogP contribution in [0.3, 0.4) is 0 Å². The molecule has 1 atom stereocenters. The molecule has 0 aliphatic carbocycles. The van der Waals surface area contributed by atoms with E-state index in [1.807, 2.05) is 32.0 Å². The number of rotatable bonds is 5. The monoisotopic (exact) mass is 540 g/mol. The van der Waals surface area contributed by atoms with Crippen LogP contribution in [0.4, 0.5) is 16.2 Å². The third-order valence-electron chi connectivity index (χ3n) is 6.24. The summed E-state index contributed by atoms with van der Waals surface area (Å²) in [4.78, 5) is 40.0. The number of aryl methyl sites for hydroxylation is 2. The Morgan fingerprint density at radius 2 is 1.78 bits per heavy atom. The minimum Gasteiger partial charge on any atom is -0.426 e. The van der Waals surface area contributed by atoms with Crippen molar-refractivity contribution in [2.45, 2.75) is 32.8 Å². The lowest BCUT2D eigenvalue weighted by Gasteiger charge is -2.25. The summed E-state index contributed by atoms with van der Waals surface area (Å²) < 4.78 is 10.2. The van der Waals surface area contributed by atoms with E-state index in [0.717, 1.165) is 5.56 Å². The van der Waals surface area contributed by atoms with Crippen molar-refractivity contribution >= 4 is 52.5 Å². The molecule has 1 unspecified atom stereocenters. The van der Waals surface area contributed by atoms with E-state index in [1.54, 1.807) is 47.4 Å². The minimum absolute atomic E-state index is 0.207. The Morgan fingerprint density at radius 3 is 2.51 bits per heavy atom. The number of ether oxygens (including phenoxy) is 2. The van der Waals surface area contributed by atoms with Crippen molar-refractivity contribution < 1.29 is 23.9 Å². The lowest BCUT2D eigenvalue weighted by molar-refractivity contribution is 0.0296. The molecule has 1 N–H and O–H groups in total. The fourth-order valence-electron chi connectivity index (χ4n) is 4.42. The van der Waals surface area contributed by atoms with Gasteiger partial charge in [0.2, 0.25) is 0 Å². The van der Waals surface area contributed by atoms with Gasteiger partial charge in [0.05, 0.1) is 5.69 Å². The summed E-state index contributed by atoms with van der Waals surface area (Å²) in [5.74, 6) is -0.421. The first-order valence-electron chi connectivity index (χ1n) is 11.8. The number of carbonyl (C=O) groups is 3. The molecule has 0 saturated carbocycles. The maximum atomic E-state index is 13.7. The second-order valence-corrected chi connectivity index (χ2v) is 9.37. The van der Waals surface area contributed by atoms with E-state index in [0.29, 0.717) is 58.0 Å². The highest BCUT2D eigenvalue weighted by Gasteiger charge is 2.30. The van der Waals surface area contributed by atoms with Gasteiger partial charge in [0.1, 0.15) is 6.10 Å². The fraction of sp³-hybridized carbons (Fsp3) is 0.250. The summed E-state index contributed by atoms with van der Waals surface area (Å²) in [7, 11) is 0. The number of benzene rings is 3. The average molecular weight is 541 g/mol. The summed E-state index contributed by atoms with van der Waals surface area (Å²) >= 11 is 11.7. The van der Waals surface area contributed by atoms with Crippen molar-refractivity contribution in [3.05, 3.63) is 93.5 Å². The van der Waals surface area contributed by atoms with Crippen LogP contribution in [0.25, 0.3) is 0 Å². The molecular formula is C28H26Cl2N2O5. The van der Waals surface area contributed by atoms with Crippen molar-refractivity contribution in [3.8, 4) is 0 Å². The van der Waals surface area contributed by atoms with E-state index in [1.165, 1.54) is 0 Å². The quantitative estimate of drug-likeness (QED) is 0.277. The minimum atomic E-state index is -0.884. The predicted molar refractivity (Wildman–Crippen MR) is 144 cm³/mol. The van der Waals surface area contributed by atoms with Gasteiger partial charge in [-0.25, -0.2) is 4.79 Å². The third kappa shape index (κ3) is 6.06. The molecule has 1 aliphatic rings. The van der Waals surface area contributed by atoms with E-state index in [2.05, 4.69) is 5.32 Å². The predicted octanol–water partition coefficient (Wildman–Crippen LogP) is 7.04. The van der Waals surface area contributed by atoms with Crippen molar-refractivity contribution in [2.75, 3.05) is 22.8 Å². The number of alkyl halides is 1. The van der Waals surface area contributed by atoms with Crippen molar-refractivity contribution in [1.29, 1.82) is 0 Å². The molecule has 0 spiro atoms. The van der Waals surface area contributed by atoms with Gasteiger partial charge in [-0.15, -0.1) is 0 Å². The van der Waals surface area contributed by atoms with Gasteiger partial charge in [-0.05, 0) is 80.3 Å². The number of halogens is 2. The zero-order chi connectivity index (χ0) is 26.5. The number of amides is 2. The molecule has 3 aromatic rings. The summed E-state index contributed by atoms with van der Waals surface area (Å²) in [5, 5.41) is 3.36. The van der Waals surface area contributed by atoms with E-state index in [9.17, 15) is 14.4 Å². The first-order valence-corrected chi connectivity index (χ1v) is 12.7. The number of nitrogens with one attached hydrogen (secondary N) is 1. The average Bonchev–Trinajstić information content (AvgIpc) is 3.03. The molecule has 1 heterocycles. The normalized spacial score (nSPS) is 14.8. The van der Waals surface area contributed by atoms with Crippen molar-refractivity contribution in [2.24, 2.45) is 0 Å². The molecule has 0 fully saturated rings. The number of anilines is 2. The molecule has 3 aromatic carbocycles. The molecule has 1 aliphatic heterocycles. The Morgan fingerprint density at radius 1 is 1.00 bits per heavy atom. The molecule has 192 valence electrons. The second kappa shape index (κ2) is 11.7. The summed E-state index contributed by atoms with van der Waals surface area (Å²) in [6, 6.07) is 17.4. The zero-order valence-electron chi connectivity index (χ0n) is 20.4. The Balaban J connectivity index is 1.59. The molecule has 0 aromatic heterocycles. The van der Waals surface area contributed by atoms with E-state index >= 15 is 0 Å². The topological polar surface area (TPSA) is 84.9 Å². The fourth-order valence-corrected chi connectivity index (χ4v) is 4.69. The summed E-state index contributed by atoms with van der Waals surface area (Å²) in [6.45, 7) is 4.12. The molecule has 0 saturated heterocycles. The third-order valence-corrected chi connectivity index (χ3v) is 6.58. The molecule has 2 amide bonds. The van der Waals surface area contributed by atoms with Gasteiger partial charge in [-0.3, -0.25) is 9.59 Å². The van der Waals surface area contributed by atoms with Gasteiger partial charge < -0.3 is 19.7 Å². The summed E-state index contributed by atoms with van der Waals surface area (Å²) in [5.41, 5.74) is 4.49. The number of nitrogens with zero attached hydrogens (tertiary/aromatic N) is 1. The first kappa shape index (κ1) is 26.5. The highest BCUT2D eigenvalue weighted by Crippen LogP contribution is 2.38. The first-order chi connectivity index (χ1) is 17.8. The smallest absolute Gasteiger partial charge is 0.426 e. The van der Waals surface area contributed by atoms with Crippen LogP contribution in [0.5, 0.6) is 0 Å². The lowest BCUT2D eigenvalue weighted by atomic mass is 10.0. The van der Waals surface area contributed by atoms with Gasteiger partial charge in [0, 0.05) is 33.9 Å². The maximum Gasteiger partial charge on any atom is 0.510 e. The Kier molecular flexibility index (Phi) is 8.36. The lowest BCUT2D eigenvalue weighted by Crippen LogP contribution is -2.32. The van der Waals surface area contributed by atoms with Gasteiger partial charge in [-0.2, -0.15) is 0 Å². The molecule has 0 radical (unpaired) electrons. The Labute approximate surface area is 225 Å². The number of carbonyl (C=O) groups excluding carboxylic acids is 3. The highest BCUT2D eigenvalue weighted by molar-refractivity contribution is 6.30. The van der Waals surface area contributed by atoms with Crippen LogP contribution in [0.1, 0.15) is 56.4 Å². The Bertz CT molecular complexity index is 1340. The summed E-state index contributed by atoms with van der Waals surface area (Å²) in [6.07, 6.45) is -0.454. The maximum absolute atomic E-state index is 13.7. The number of hydrogen-bond donors (Lipinski definition) is 1. The number of fused-ring (bicyclic) bond motifs is 1. The van der Waals surface area contributed by atoms with Gasteiger partial charge in [0.15, 0.2) is 6.07 Å². The van der Waals surface area contributed by atoms with Crippen LogP contribution < -0.4 is 10.2 Å². The van der Waals surface area contributed by atoms with Crippen LogP contribution in [-0.2, 0) is 9.47 Å². The van der Waals surface area contributed by atoms with Crippen LogP contribution in [-0.4, -0.2) is 30.6 Å². The van der Waals surface area contributed by atoms with Crippen molar-refractivity contribution in [1.82, 2.24) is 0 Å². The second-order valence-electron chi connectivity index (χ2n) is 8.71. The standard InChI is InChI=1S/C28H26Cl2N2O5/c1-17-6-3-4-7-21(17)26(33)31-20-10-11-22(18(2)14-20)27(34)32-13-5-8-25(37-28(35)36-16-29)23-15-19(30)9-12-24(23)32/h3-4,6-7,9-12,14-15,25H,5,8,13,16H2,1-2H3,(H,31,33). The highest BCUT2D eigenvalue weighted by atomic mass is 35.5. The van der Waals surface area contributed by atoms with Gasteiger partial charge >= 0.3 is 6.16 Å². The van der Waals surface area contributed by atoms with E-state index in [-0.39, 0.29) is 17.9 Å². The largest absolute Gasteiger partial charge is 0.510 e. The molecule has 7 nitrogen and oxygen atoms in total. The molecule has 9 heteroatoms. The SMILES string of the molecule is Cc1ccccc1C(=O)Nc1ccc(C(=O)N2CCCC(OC(=O)OCCl)c3cc(Cl)ccc32)c(C)c1. The molecule has 0 bridgehead atoms. The van der Waals surface area contributed by atoms with Gasteiger partial charge in [0.25, 0.3) is 11.8 Å². The molecular weight excluding hydrogens is 515 g/mol. The van der Waals surface area contributed by atoms with Crippen LogP contribution in [0, 0.1) is 13.8 Å². The van der Waals surface area contributed by atoms with Crippen LogP contribution in [0.15, 0.2) is 60.7 Å². The van der Waals surface area contributed by atoms with Crippen LogP contribution in [0.2, 0.25) is 5.02 Å². The van der Waals surface area contributed by atoms with Crippen molar-refractivity contribution in [3.63, 3.8) is 0 Å². The number of hydrogen-bond acceptors (Lipinski definition) is 5. The van der Waals surface area contributed by atoms with Gasteiger partial charge in [-0.1, -0.05) is 41.4 Å². The van der Waals surface area contributed by atoms with E-state index < -0.39 is 12.3 Å². The van der Waals surface area contributed by atoms with Crippen LogP contribution >= 0.6 is 23.2 Å². The molecule has 37 heavy (non-hydrogen) atoms. The Hall–Kier alpha value is -3.55. The van der Waals surface area contributed by atoms with E-state index in [4.69, 9.17) is 32.7 Å². The molecule has 4 rings (SSSR count). The zero-order valence-corrected chi connectivity index (χ0v) is 21.9.